The minimum atomic E-state index is 0.500. The fourth-order valence-corrected chi connectivity index (χ4v) is 2.31. The average molecular weight is 274 g/mol. The molecule has 0 fully saturated rings. The maximum atomic E-state index is 5.84. The minimum absolute atomic E-state index is 0.500. The number of nitrogens with two attached hydrogens (primary N) is 1. The second-order valence-corrected chi connectivity index (χ2v) is 4.99. The quantitative estimate of drug-likeness (QED) is 0.685. The van der Waals surface area contributed by atoms with Crippen molar-refractivity contribution in [2.24, 2.45) is 0 Å². The van der Waals surface area contributed by atoms with Crippen LogP contribution in [0.25, 0.3) is 0 Å². The van der Waals surface area contributed by atoms with Crippen LogP contribution in [0.15, 0.2) is 35.5 Å². The van der Waals surface area contributed by atoms with E-state index < -0.39 is 0 Å². The summed E-state index contributed by atoms with van der Waals surface area (Å²) >= 11 is 1.49. The van der Waals surface area contributed by atoms with Crippen LogP contribution in [0.3, 0.4) is 0 Å². The van der Waals surface area contributed by atoms with Gasteiger partial charge in [-0.05, 0) is 37.8 Å². The van der Waals surface area contributed by atoms with E-state index in [1.165, 1.54) is 17.3 Å². The molecule has 19 heavy (non-hydrogen) atoms. The fraction of sp³-hybridized carbons (Fsp3) is 0.286. The van der Waals surface area contributed by atoms with Crippen LogP contribution < -0.4 is 10.6 Å². The number of thioether (sulfide) groups is 1. The van der Waals surface area contributed by atoms with Crippen molar-refractivity contribution >= 4 is 29.1 Å². The van der Waals surface area contributed by atoms with E-state index in [-0.39, 0.29) is 0 Å². The van der Waals surface area contributed by atoms with Crippen LogP contribution >= 0.6 is 11.8 Å². The Kier molecular flexibility index (Phi) is 4.27. The van der Waals surface area contributed by atoms with E-state index in [1.807, 2.05) is 18.4 Å². The molecule has 0 atom stereocenters. The lowest BCUT2D eigenvalue weighted by Crippen LogP contribution is -2.18. The van der Waals surface area contributed by atoms with E-state index in [9.17, 15) is 0 Å². The number of hydrogen-bond donors (Lipinski definition) is 1. The normalized spacial score (nSPS) is 10.5. The van der Waals surface area contributed by atoms with Gasteiger partial charge in [0, 0.05) is 18.3 Å². The van der Waals surface area contributed by atoms with Gasteiger partial charge >= 0.3 is 0 Å². The molecule has 100 valence electrons. The first-order chi connectivity index (χ1) is 9.13. The van der Waals surface area contributed by atoms with Gasteiger partial charge in [-0.15, -0.1) is 0 Å². The Morgan fingerprint density at radius 2 is 2.05 bits per heavy atom. The van der Waals surface area contributed by atoms with Crippen molar-refractivity contribution in [3.8, 4) is 0 Å². The summed E-state index contributed by atoms with van der Waals surface area (Å²) in [4.78, 5) is 10.8. The van der Waals surface area contributed by atoms with Gasteiger partial charge in [0.1, 0.15) is 11.6 Å². The van der Waals surface area contributed by atoms with Crippen LogP contribution in [-0.2, 0) is 0 Å². The summed E-state index contributed by atoms with van der Waals surface area (Å²) in [7, 11) is 0. The van der Waals surface area contributed by atoms with Gasteiger partial charge in [0.25, 0.3) is 0 Å². The second kappa shape index (κ2) is 5.93. The van der Waals surface area contributed by atoms with Gasteiger partial charge < -0.3 is 10.6 Å². The van der Waals surface area contributed by atoms with Crippen LogP contribution in [0.2, 0.25) is 0 Å². The number of aryl methyl sites for hydroxylation is 1. The van der Waals surface area contributed by atoms with Crippen molar-refractivity contribution in [1.29, 1.82) is 0 Å². The summed E-state index contributed by atoms with van der Waals surface area (Å²) in [6.45, 7) is 5.01. The highest BCUT2D eigenvalue weighted by molar-refractivity contribution is 7.98. The number of anilines is 3. The summed E-state index contributed by atoms with van der Waals surface area (Å²) in [5.74, 6) is 1.34. The minimum Gasteiger partial charge on any atom is -0.383 e. The topological polar surface area (TPSA) is 55.0 Å². The monoisotopic (exact) mass is 274 g/mol. The Morgan fingerprint density at radius 3 is 2.68 bits per heavy atom. The first kappa shape index (κ1) is 13.7. The third-order valence-electron chi connectivity index (χ3n) is 2.80. The van der Waals surface area contributed by atoms with Crippen molar-refractivity contribution in [1.82, 2.24) is 9.97 Å². The van der Waals surface area contributed by atoms with Crippen LogP contribution in [0.4, 0.5) is 17.3 Å². The van der Waals surface area contributed by atoms with Crippen molar-refractivity contribution in [3.05, 3.63) is 35.9 Å². The molecule has 0 amide bonds. The third kappa shape index (κ3) is 3.17. The molecule has 0 saturated carbocycles. The number of benzene rings is 1. The molecule has 0 saturated heterocycles. The van der Waals surface area contributed by atoms with E-state index >= 15 is 0 Å². The van der Waals surface area contributed by atoms with Crippen molar-refractivity contribution in [3.63, 3.8) is 0 Å². The summed E-state index contributed by atoms with van der Waals surface area (Å²) < 4.78 is 0. The third-order valence-corrected chi connectivity index (χ3v) is 3.35. The standard InChI is InChI=1S/C14H18N4S/c1-4-18(11-7-5-6-10(2)8-11)13-9-12(15)16-14(17-13)19-3/h5-9H,4H2,1-3H3,(H2,15,16,17). The molecule has 0 radical (unpaired) electrons. The Labute approximate surface area is 118 Å². The molecule has 0 spiro atoms. The zero-order chi connectivity index (χ0) is 13.8. The Hall–Kier alpha value is -1.75. The van der Waals surface area contributed by atoms with E-state index in [1.54, 1.807) is 0 Å². The number of aromatic nitrogens is 2. The molecule has 2 rings (SSSR count). The van der Waals surface area contributed by atoms with E-state index in [2.05, 4.69) is 46.9 Å². The van der Waals surface area contributed by atoms with E-state index in [0.29, 0.717) is 11.0 Å². The lowest BCUT2D eigenvalue weighted by molar-refractivity contribution is 0.915. The predicted molar refractivity (Wildman–Crippen MR) is 82.1 cm³/mol. The van der Waals surface area contributed by atoms with Gasteiger partial charge in [0.2, 0.25) is 0 Å². The first-order valence-corrected chi connectivity index (χ1v) is 7.39. The van der Waals surface area contributed by atoms with Crippen molar-refractivity contribution < 1.29 is 0 Å². The number of hydrogen-bond acceptors (Lipinski definition) is 5. The molecule has 0 aliphatic rings. The predicted octanol–water partition coefficient (Wildman–Crippen LogP) is 3.25. The molecule has 1 heterocycles. The Bertz CT molecular complexity index is 571. The zero-order valence-corrected chi connectivity index (χ0v) is 12.2. The highest BCUT2D eigenvalue weighted by Crippen LogP contribution is 2.26. The SMILES string of the molecule is CCN(c1cccc(C)c1)c1cc(N)nc(SC)n1. The molecule has 1 aromatic heterocycles. The highest BCUT2D eigenvalue weighted by Gasteiger charge is 2.11. The van der Waals surface area contributed by atoms with Crippen LogP contribution in [0.5, 0.6) is 0 Å². The molecule has 5 heteroatoms. The lowest BCUT2D eigenvalue weighted by atomic mass is 10.2. The summed E-state index contributed by atoms with van der Waals surface area (Å²) in [5.41, 5.74) is 8.19. The fourth-order valence-electron chi connectivity index (χ4n) is 1.93. The second-order valence-electron chi connectivity index (χ2n) is 4.22. The van der Waals surface area contributed by atoms with Gasteiger partial charge in [0.05, 0.1) is 0 Å². The van der Waals surface area contributed by atoms with Gasteiger partial charge in [-0.1, -0.05) is 23.9 Å². The van der Waals surface area contributed by atoms with E-state index in [4.69, 9.17) is 5.73 Å². The average Bonchev–Trinajstić information content (AvgIpc) is 2.39. The number of nitrogens with zero attached hydrogens (tertiary/aromatic N) is 3. The summed E-state index contributed by atoms with van der Waals surface area (Å²) in [6.07, 6.45) is 1.95. The van der Waals surface area contributed by atoms with Crippen molar-refractivity contribution in [2.45, 2.75) is 19.0 Å². The van der Waals surface area contributed by atoms with Gasteiger partial charge in [0.15, 0.2) is 5.16 Å². The van der Waals surface area contributed by atoms with Gasteiger partial charge in [-0.2, -0.15) is 0 Å². The Morgan fingerprint density at radius 1 is 1.26 bits per heavy atom. The summed E-state index contributed by atoms with van der Waals surface area (Å²) in [5, 5.41) is 0.695. The molecule has 2 aromatic rings. The van der Waals surface area contributed by atoms with Gasteiger partial charge in [-0.3, -0.25) is 0 Å². The Balaban J connectivity index is 2.44. The summed E-state index contributed by atoms with van der Waals surface area (Å²) in [6, 6.07) is 10.2. The van der Waals surface area contributed by atoms with E-state index in [0.717, 1.165) is 18.1 Å². The van der Waals surface area contributed by atoms with Crippen LogP contribution in [0, 0.1) is 6.92 Å². The molecular formula is C14H18N4S. The van der Waals surface area contributed by atoms with Gasteiger partial charge in [-0.25, -0.2) is 9.97 Å². The van der Waals surface area contributed by atoms with Crippen LogP contribution in [-0.4, -0.2) is 22.8 Å². The number of rotatable bonds is 4. The molecule has 0 unspecified atom stereocenters. The first-order valence-electron chi connectivity index (χ1n) is 6.16. The maximum absolute atomic E-state index is 5.84. The van der Waals surface area contributed by atoms with Crippen molar-refractivity contribution in [2.75, 3.05) is 23.4 Å². The molecular weight excluding hydrogens is 256 g/mol. The zero-order valence-electron chi connectivity index (χ0n) is 11.4. The molecule has 0 aliphatic heterocycles. The highest BCUT2D eigenvalue weighted by atomic mass is 32.2. The maximum Gasteiger partial charge on any atom is 0.191 e. The molecule has 4 nitrogen and oxygen atoms in total. The lowest BCUT2D eigenvalue weighted by Gasteiger charge is -2.23. The smallest absolute Gasteiger partial charge is 0.191 e. The molecule has 2 N–H and O–H groups in total. The largest absolute Gasteiger partial charge is 0.383 e. The number of nitrogen functional groups attached to an aromatic ring is 1. The van der Waals surface area contributed by atoms with Crippen LogP contribution in [0.1, 0.15) is 12.5 Å². The molecule has 1 aromatic carbocycles. The molecule has 0 bridgehead atoms. The molecule has 0 aliphatic carbocycles.